The minimum atomic E-state index is -0.264. The Morgan fingerprint density at radius 2 is 2.19 bits per heavy atom. The van der Waals surface area contributed by atoms with Crippen LogP contribution in [0.2, 0.25) is 5.02 Å². The molecule has 0 aliphatic carbocycles. The molecule has 0 radical (unpaired) electrons. The normalized spacial score (nSPS) is 16.0. The number of amides is 1. The van der Waals surface area contributed by atoms with E-state index in [1.54, 1.807) is 24.4 Å². The van der Waals surface area contributed by atoms with Crippen LogP contribution in [0, 0.1) is 0 Å². The monoisotopic (exact) mass is 451 g/mol. The van der Waals surface area contributed by atoms with Crippen LogP contribution in [0.4, 0.5) is 5.82 Å². The number of fused-ring (bicyclic) bond motifs is 1. The first-order valence-corrected chi connectivity index (χ1v) is 10.5. The average molecular weight is 452 g/mol. The summed E-state index contributed by atoms with van der Waals surface area (Å²) in [5.74, 6) is 0.776. The largest absolute Gasteiger partial charge is 0.503 e. The van der Waals surface area contributed by atoms with Gasteiger partial charge in [0.05, 0.1) is 11.6 Å². The summed E-state index contributed by atoms with van der Waals surface area (Å²) in [7, 11) is 0. The van der Waals surface area contributed by atoms with Gasteiger partial charge in [-0.15, -0.1) is 0 Å². The Labute approximate surface area is 187 Å². The van der Waals surface area contributed by atoms with Crippen LogP contribution in [0.25, 0.3) is 17.1 Å². The Morgan fingerprint density at radius 3 is 2.90 bits per heavy atom. The highest BCUT2D eigenvalue weighted by Crippen LogP contribution is 2.15. The molecular formula is C23H18ClN3O3S+2. The number of carbonyl (C=O) groups is 1. The van der Waals surface area contributed by atoms with Crippen LogP contribution >= 0.6 is 11.6 Å². The van der Waals surface area contributed by atoms with Crippen LogP contribution in [-0.4, -0.2) is 27.4 Å². The molecular weight excluding hydrogens is 434 g/mol. The molecule has 2 aromatic rings. The molecule has 2 aliphatic heterocycles. The van der Waals surface area contributed by atoms with Crippen molar-refractivity contribution in [3.63, 3.8) is 0 Å². The molecule has 2 aliphatic rings. The fourth-order valence-electron chi connectivity index (χ4n) is 2.96. The predicted molar refractivity (Wildman–Crippen MR) is 128 cm³/mol. The topological polar surface area (TPSA) is 99.5 Å². The van der Waals surface area contributed by atoms with Crippen molar-refractivity contribution < 1.29 is 9.90 Å². The number of hydrogen-bond donors (Lipinski definition) is 3. The summed E-state index contributed by atoms with van der Waals surface area (Å²) in [6.07, 6.45) is 10.2. The minimum Gasteiger partial charge on any atom is -0.503 e. The van der Waals surface area contributed by atoms with E-state index in [1.165, 1.54) is 17.4 Å². The number of aliphatic hydroxyl groups is 1. The molecule has 1 aromatic heterocycles. The lowest BCUT2D eigenvalue weighted by atomic mass is 10.1. The van der Waals surface area contributed by atoms with Gasteiger partial charge in [0, 0.05) is 29.6 Å². The third-order valence-electron chi connectivity index (χ3n) is 4.47. The molecule has 0 spiro atoms. The number of nitrogens with two attached hydrogens (primary N) is 1. The maximum Gasteiger partial charge on any atom is 0.379 e. The molecule has 0 saturated heterocycles. The summed E-state index contributed by atoms with van der Waals surface area (Å²) in [6, 6.07) is 7.22. The minimum absolute atomic E-state index is 0.0338. The number of nitrogens with zero attached hydrogens (tertiary/aromatic N) is 1. The number of pyridine rings is 1. The second-order valence-electron chi connectivity index (χ2n) is 6.77. The number of benzene rings is 1. The van der Waals surface area contributed by atoms with Gasteiger partial charge in [-0.3, -0.25) is 4.79 Å². The van der Waals surface area contributed by atoms with Gasteiger partial charge >= 0.3 is 11.2 Å². The van der Waals surface area contributed by atoms with Gasteiger partial charge in [-0.2, -0.15) is 0 Å². The molecule has 4 N–H and O–H groups in total. The van der Waals surface area contributed by atoms with Crippen LogP contribution in [0.3, 0.4) is 0 Å². The number of rotatable bonds is 5. The fourth-order valence-corrected chi connectivity index (χ4v) is 4.09. The van der Waals surface area contributed by atoms with Crippen LogP contribution in [0.1, 0.15) is 11.1 Å². The Hall–Kier alpha value is -3.55. The van der Waals surface area contributed by atoms with Crippen LogP contribution in [-0.2, 0) is 16.1 Å². The number of allylic oxidation sites excluding steroid dienone is 1. The second kappa shape index (κ2) is 8.67. The van der Waals surface area contributed by atoms with Gasteiger partial charge in [-0.1, -0.05) is 18.2 Å². The zero-order valence-electron chi connectivity index (χ0n) is 16.3. The Balaban J connectivity index is 1.48. The third kappa shape index (κ3) is 4.79. The van der Waals surface area contributed by atoms with E-state index in [9.17, 15) is 9.90 Å². The summed E-state index contributed by atoms with van der Waals surface area (Å²) in [5, 5.41) is 13.7. The highest BCUT2D eigenvalue weighted by atomic mass is 35.5. The Kier molecular flexibility index (Phi) is 5.79. The molecule has 1 amide bonds. The van der Waals surface area contributed by atoms with E-state index < -0.39 is 0 Å². The fraction of sp³-hybridized carbons (Fsp3) is 0.0435. The first-order chi connectivity index (χ1) is 14.9. The Bertz CT molecular complexity index is 1340. The summed E-state index contributed by atoms with van der Waals surface area (Å²) >= 11 is 7.84. The van der Waals surface area contributed by atoms with E-state index in [0.717, 1.165) is 21.3 Å². The molecule has 1 aromatic carbocycles. The molecule has 3 heterocycles. The summed E-state index contributed by atoms with van der Waals surface area (Å²) in [6.45, 7) is 3.77. The maximum atomic E-state index is 12.1. The van der Waals surface area contributed by atoms with Gasteiger partial charge in [0.1, 0.15) is 17.4 Å². The first-order valence-electron chi connectivity index (χ1n) is 9.27. The van der Waals surface area contributed by atoms with Crippen molar-refractivity contribution in [1.29, 1.82) is 0 Å². The van der Waals surface area contributed by atoms with Crippen molar-refractivity contribution in [3.8, 4) is 0 Å². The number of halogens is 1. The predicted octanol–water partition coefficient (Wildman–Crippen LogP) is 2.12. The van der Waals surface area contributed by atoms with E-state index in [4.69, 9.17) is 21.8 Å². The quantitative estimate of drug-likeness (QED) is 0.280. The molecule has 31 heavy (non-hydrogen) atoms. The standard InChI is InChI=1S/C23H16ClN3O3S/c1-13(28)19-4-5-20(31-19)15-8-16-9-17(30-23(16)18(24)10-15)12-27-22(29)7-3-14-2-6-21(25)26-11-14/h2-11H,1,12H2,(H2-2,25,26,27,28,29)/p+2/b20-15-. The number of carbonyl (C=O) groups excluding carboxylic acids is 1. The molecule has 6 nitrogen and oxygen atoms in total. The number of hydrogen-bond acceptors (Lipinski definition) is 4. The van der Waals surface area contributed by atoms with Gasteiger partial charge in [-0.25, -0.2) is 9.41 Å². The third-order valence-corrected chi connectivity index (χ3v) is 5.93. The molecule has 0 bridgehead atoms. The van der Waals surface area contributed by atoms with Gasteiger partial charge in [-0.05, 0) is 35.9 Å². The zero-order valence-corrected chi connectivity index (χ0v) is 17.8. The highest BCUT2D eigenvalue weighted by molar-refractivity contribution is 7.89. The van der Waals surface area contributed by atoms with Crippen molar-refractivity contribution >= 4 is 56.6 Å². The van der Waals surface area contributed by atoms with Crippen molar-refractivity contribution in [3.05, 3.63) is 98.0 Å². The van der Waals surface area contributed by atoms with E-state index in [2.05, 4.69) is 16.9 Å². The van der Waals surface area contributed by atoms with Crippen molar-refractivity contribution in [2.45, 2.75) is 0 Å². The van der Waals surface area contributed by atoms with Crippen LogP contribution in [0.15, 0.2) is 71.2 Å². The highest BCUT2D eigenvalue weighted by Gasteiger charge is 2.26. The van der Waals surface area contributed by atoms with Gasteiger partial charge in [0.25, 0.3) is 4.86 Å². The lowest BCUT2D eigenvalue weighted by Crippen LogP contribution is -2.22. The second-order valence-corrected chi connectivity index (χ2v) is 8.26. The van der Waals surface area contributed by atoms with Crippen molar-refractivity contribution in [2.24, 2.45) is 0 Å². The zero-order chi connectivity index (χ0) is 22.0. The van der Waals surface area contributed by atoms with Crippen LogP contribution in [0.5, 0.6) is 0 Å². The number of nitrogens with one attached hydrogen (secondary N) is 1. The number of aliphatic hydroxyl groups excluding tert-OH is 1. The molecule has 8 heteroatoms. The molecule has 0 fully saturated rings. The van der Waals surface area contributed by atoms with Gasteiger partial charge < -0.3 is 16.2 Å². The molecule has 0 atom stereocenters. The summed E-state index contributed by atoms with van der Waals surface area (Å²) in [5.41, 5.74) is 7.70. The maximum absolute atomic E-state index is 12.1. The SMILES string of the molecule is C=C(O)C1=[S+]/C(=c2\cc(Cl)c3c(c2)C=C(CNC(=O)/C=C/c2ccc(N)nc2)[O+]=3)C=C1. The lowest BCUT2D eigenvalue weighted by molar-refractivity contribution is -0.116. The van der Waals surface area contributed by atoms with Gasteiger partial charge in [0.2, 0.25) is 22.2 Å². The van der Waals surface area contributed by atoms with E-state index >= 15 is 0 Å². The van der Waals surface area contributed by atoms with Crippen molar-refractivity contribution in [1.82, 2.24) is 10.3 Å². The first kappa shape index (κ1) is 20.7. The van der Waals surface area contributed by atoms with E-state index in [1.807, 2.05) is 30.4 Å². The summed E-state index contributed by atoms with van der Waals surface area (Å²) < 4.78 is 5.81. The van der Waals surface area contributed by atoms with Crippen molar-refractivity contribution in [2.75, 3.05) is 12.3 Å². The average Bonchev–Trinajstić information content (AvgIpc) is 3.39. The lowest BCUT2D eigenvalue weighted by Gasteiger charge is -1.96. The number of anilines is 1. The number of nitrogen functional groups attached to an aromatic ring is 1. The molecule has 0 unspecified atom stereocenters. The van der Waals surface area contributed by atoms with Gasteiger partial charge in [0.15, 0.2) is 5.76 Å². The smallest absolute Gasteiger partial charge is 0.379 e. The molecule has 0 saturated carbocycles. The summed E-state index contributed by atoms with van der Waals surface area (Å²) in [4.78, 5) is 17.7. The van der Waals surface area contributed by atoms with E-state index in [0.29, 0.717) is 26.9 Å². The molecule has 154 valence electrons. The number of aromatic nitrogens is 1. The van der Waals surface area contributed by atoms with Crippen LogP contribution < -0.4 is 21.7 Å². The Morgan fingerprint density at radius 1 is 1.35 bits per heavy atom. The molecule has 4 rings (SSSR count). The van der Waals surface area contributed by atoms with E-state index in [-0.39, 0.29) is 18.2 Å².